The molecule has 0 aromatic carbocycles. The summed E-state index contributed by atoms with van der Waals surface area (Å²) in [6.45, 7) is 5.92. The summed E-state index contributed by atoms with van der Waals surface area (Å²) in [6.07, 6.45) is -0.149. The molecule has 0 aromatic rings. The summed E-state index contributed by atoms with van der Waals surface area (Å²) in [5.74, 6) is -0.00481. The van der Waals surface area contributed by atoms with E-state index in [0.717, 1.165) is 0 Å². The summed E-state index contributed by atoms with van der Waals surface area (Å²) in [7, 11) is 0. The second-order valence-corrected chi connectivity index (χ2v) is 4.82. The van der Waals surface area contributed by atoms with Gasteiger partial charge in [-0.2, -0.15) is 5.26 Å². The molecular formula is C11H17N3O3. The maximum Gasteiger partial charge on any atom is 0.422 e. The summed E-state index contributed by atoms with van der Waals surface area (Å²) >= 11 is 0. The van der Waals surface area contributed by atoms with Crippen LogP contribution in [0.25, 0.3) is 0 Å². The number of nitriles is 1. The maximum atomic E-state index is 11.4. The summed E-state index contributed by atoms with van der Waals surface area (Å²) in [5.41, 5.74) is 2.33. The number of hydrogen-bond acceptors (Lipinski definition) is 5. The van der Waals surface area contributed by atoms with Crippen molar-refractivity contribution in [3.63, 3.8) is 0 Å². The van der Waals surface area contributed by atoms with Crippen molar-refractivity contribution in [1.29, 1.82) is 5.26 Å². The van der Waals surface area contributed by atoms with Crippen molar-refractivity contribution in [1.82, 2.24) is 10.4 Å². The van der Waals surface area contributed by atoms with Crippen molar-refractivity contribution in [3.8, 4) is 6.07 Å². The smallest absolute Gasteiger partial charge is 0.422 e. The minimum Gasteiger partial charge on any atom is -0.510 e. The molecule has 6 heteroatoms. The van der Waals surface area contributed by atoms with Gasteiger partial charge in [0.25, 0.3) is 0 Å². The lowest BCUT2D eigenvalue weighted by molar-refractivity contribution is 0.0319. The van der Waals surface area contributed by atoms with Crippen molar-refractivity contribution in [2.75, 3.05) is 13.1 Å². The SMILES string of the molecule is CC(C)(C)OC(=O)NN1CCC(C#N)=C(O)C1. The lowest BCUT2D eigenvalue weighted by Gasteiger charge is -2.28. The van der Waals surface area contributed by atoms with E-state index in [4.69, 9.17) is 10.00 Å². The van der Waals surface area contributed by atoms with Crippen LogP contribution in [0.3, 0.4) is 0 Å². The largest absolute Gasteiger partial charge is 0.510 e. The summed E-state index contributed by atoms with van der Waals surface area (Å²) in [4.78, 5) is 11.4. The second-order valence-electron chi connectivity index (χ2n) is 4.82. The molecule has 1 amide bonds. The standard InChI is InChI=1S/C11H17N3O3/c1-11(2,3)17-10(16)13-14-5-4-8(6-12)9(15)7-14/h15H,4-5,7H2,1-3H3,(H,13,16). The van der Waals surface area contributed by atoms with Crippen molar-refractivity contribution in [2.45, 2.75) is 32.8 Å². The Balaban J connectivity index is 2.49. The quantitative estimate of drug-likeness (QED) is 0.723. The molecule has 2 N–H and O–H groups in total. The molecule has 0 radical (unpaired) electrons. The molecule has 0 saturated carbocycles. The number of carbonyl (C=O) groups is 1. The van der Waals surface area contributed by atoms with E-state index in [2.05, 4.69) is 5.43 Å². The molecule has 17 heavy (non-hydrogen) atoms. The molecule has 1 aliphatic rings. The highest BCUT2D eigenvalue weighted by Gasteiger charge is 2.22. The molecule has 0 bridgehead atoms. The zero-order valence-corrected chi connectivity index (χ0v) is 10.3. The molecule has 0 saturated heterocycles. The molecule has 0 aromatic heterocycles. The highest BCUT2D eigenvalue weighted by molar-refractivity contribution is 5.67. The summed E-state index contributed by atoms with van der Waals surface area (Å²) in [6, 6.07) is 1.92. The fourth-order valence-corrected chi connectivity index (χ4v) is 1.39. The van der Waals surface area contributed by atoms with Crippen LogP contribution in [0.15, 0.2) is 11.3 Å². The van der Waals surface area contributed by atoms with E-state index < -0.39 is 11.7 Å². The Hall–Kier alpha value is -1.74. The number of amides is 1. The molecule has 1 aliphatic heterocycles. The summed E-state index contributed by atoms with van der Waals surface area (Å²) in [5, 5.41) is 19.7. The van der Waals surface area contributed by atoms with E-state index in [1.807, 2.05) is 6.07 Å². The van der Waals surface area contributed by atoms with Gasteiger partial charge >= 0.3 is 6.09 Å². The van der Waals surface area contributed by atoms with Crippen LogP contribution in [-0.2, 0) is 4.74 Å². The number of rotatable bonds is 1. The van der Waals surface area contributed by atoms with Crippen LogP contribution < -0.4 is 5.43 Å². The topological polar surface area (TPSA) is 85.6 Å². The number of aliphatic hydroxyl groups excluding tert-OH is 1. The number of aliphatic hydroxyl groups is 1. The lowest BCUT2D eigenvalue weighted by atomic mass is 10.1. The van der Waals surface area contributed by atoms with Crippen LogP contribution in [0, 0.1) is 11.3 Å². The zero-order chi connectivity index (χ0) is 13.1. The van der Waals surface area contributed by atoms with Crippen LogP contribution in [0.1, 0.15) is 27.2 Å². The molecular weight excluding hydrogens is 222 g/mol. The monoisotopic (exact) mass is 239 g/mol. The Morgan fingerprint density at radius 3 is 2.71 bits per heavy atom. The van der Waals surface area contributed by atoms with Gasteiger partial charge in [0.1, 0.15) is 11.4 Å². The number of carbonyl (C=O) groups excluding carboxylic acids is 1. The first kappa shape index (κ1) is 13.3. The molecule has 0 atom stereocenters. The normalized spacial score (nSPS) is 17.5. The van der Waals surface area contributed by atoms with Crippen LogP contribution in [0.4, 0.5) is 4.79 Å². The van der Waals surface area contributed by atoms with Crippen LogP contribution in [0.2, 0.25) is 0 Å². The van der Waals surface area contributed by atoms with Gasteiger partial charge in [0.15, 0.2) is 0 Å². The first-order valence-electron chi connectivity index (χ1n) is 5.37. The molecule has 0 spiro atoms. The average molecular weight is 239 g/mol. The fourth-order valence-electron chi connectivity index (χ4n) is 1.39. The highest BCUT2D eigenvalue weighted by atomic mass is 16.6. The van der Waals surface area contributed by atoms with Crippen molar-refractivity contribution in [2.24, 2.45) is 0 Å². The van der Waals surface area contributed by atoms with Gasteiger partial charge in [0.05, 0.1) is 18.2 Å². The first-order valence-corrected chi connectivity index (χ1v) is 5.37. The minimum atomic E-state index is -0.564. The van der Waals surface area contributed by atoms with Gasteiger partial charge in [-0.3, -0.25) is 5.43 Å². The fraction of sp³-hybridized carbons (Fsp3) is 0.636. The van der Waals surface area contributed by atoms with Gasteiger partial charge in [-0.25, -0.2) is 9.80 Å². The van der Waals surface area contributed by atoms with E-state index >= 15 is 0 Å². The number of nitrogens with one attached hydrogen (secondary N) is 1. The van der Waals surface area contributed by atoms with E-state index in [-0.39, 0.29) is 12.3 Å². The molecule has 0 aliphatic carbocycles. The van der Waals surface area contributed by atoms with Gasteiger partial charge in [-0.15, -0.1) is 0 Å². The predicted octanol–water partition coefficient (Wildman–Crippen LogP) is 1.47. The molecule has 1 rings (SSSR count). The minimum absolute atomic E-state index is 0.00481. The molecule has 94 valence electrons. The third-order valence-corrected chi connectivity index (χ3v) is 2.10. The third-order valence-electron chi connectivity index (χ3n) is 2.10. The van der Waals surface area contributed by atoms with Gasteiger partial charge in [0.2, 0.25) is 0 Å². The van der Waals surface area contributed by atoms with Gasteiger partial charge < -0.3 is 9.84 Å². The highest BCUT2D eigenvalue weighted by Crippen LogP contribution is 2.14. The average Bonchev–Trinajstić information content (AvgIpc) is 2.14. The van der Waals surface area contributed by atoms with Crippen LogP contribution in [-0.4, -0.2) is 34.9 Å². The Labute approximate surface area is 100 Å². The lowest BCUT2D eigenvalue weighted by Crippen LogP contribution is -2.47. The Morgan fingerprint density at radius 2 is 2.24 bits per heavy atom. The molecule has 1 heterocycles. The van der Waals surface area contributed by atoms with E-state index in [9.17, 15) is 9.90 Å². The predicted molar refractivity (Wildman–Crippen MR) is 60.8 cm³/mol. The Bertz CT molecular complexity index is 376. The first-order chi connectivity index (χ1) is 7.81. The summed E-state index contributed by atoms with van der Waals surface area (Å²) < 4.78 is 5.07. The molecule has 6 nitrogen and oxygen atoms in total. The van der Waals surface area contributed by atoms with Gasteiger partial charge in [-0.1, -0.05) is 0 Å². The number of nitrogens with zero attached hydrogens (tertiary/aromatic N) is 2. The number of ether oxygens (including phenoxy) is 1. The van der Waals surface area contributed by atoms with E-state index in [1.54, 1.807) is 20.8 Å². The maximum absolute atomic E-state index is 11.4. The van der Waals surface area contributed by atoms with Crippen molar-refractivity contribution < 1.29 is 14.6 Å². The van der Waals surface area contributed by atoms with Crippen molar-refractivity contribution in [3.05, 3.63) is 11.3 Å². The van der Waals surface area contributed by atoms with Gasteiger partial charge in [-0.05, 0) is 20.8 Å². The molecule has 0 unspecified atom stereocenters. The second kappa shape index (κ2) is 5.06. The number of hydrogen-bond donors (Lipinski definition) is 2. The van der Waals surface area contributed by atoms with Crippen LogP contribution in [0.5, 0.6) is 0 Å². The molecule has 0 fully saturated rings. The van der Waals surface area contributed by atoms with Gasteiger partial charge in [0, 0.05) is 13.0 Å². The van der Waals surface area contributed by atoms with E-state index in [0.29, 0.717) is 18.5 Å². The third kappa shape index (κ3) is 4.33. The zero-order valence-electron chi connectivity index (χ0n) is 10.3. The van der Waals surface area contributed by atoms with E-state index in [1.165, 1.54) is 5.01 Å². The van der Waals surface area contributed by atoms with Crippen molar-refractivity contribution >= 4 is 6.09 Å². The Morgan fingerprint density at radius 1 is 1.59 bits per heavy atom. The number of hydrazine groups is 1. The van der Waals surface area contributed by atoms with Crippen LogP contribution >= 0.6 is 0 Å². The Kier molecular flexibility index (Phi) is 3.97.